The summed E-state index contributed by atoms with van der Waals surface area (Å²) in [6.45, 7) is 0.508. The summed E-state index contributed by atoms with van der Waals surface area (Å²) in [6, 6.07) is 13.9. The van der Waals surface area contributed by atoms with Gasteiger partial charge in [0.1, 0.15) is 0 Å². The van der Waals surface area contributed by atoms with Crippen LogP contribution in [-0.2, 0) is 10.1 Å². The molecular formula is C13H15NO3S. The molecule has 0 radical (unpaired) electrons. The van der Waals surface area contributed by atoms with Crippen LogP contribution in [0.2, 0.25) is 0 Å². The minimum absolute atomic E-state index is 0.217. The number of hydrogen-bond acceptors (Lipinski definition) is 3. The van der Waals surface area contributed by atoms with E-state index in [2.05, 4.69) is 5.32 Å². The Kier molecular flexibility index (Phi) is 3.84. The zero-order valence-electron chi connectivity index (χ0n) is 9.83. The molecule has 0 heterocycles. The van der Waals surface area contributed by atoms with Gasteiger partial charge in [-0.15, -0.1) is 0 Å². The van der Waals surface area contributed by atoms with Crippen LogP contribution in [-0.4, -0.2) is 25.3 Å². The molecule has 2 rings (SSSR count). The van der Waals surface area contributed by atoms with E-state index in [4.69, 9.17) is 4.55 Å². The fraction of sp³-hybridized carbons (Fsp3) is 0.231. The van der Waals surface area contributed by atoms with Gasteiger partial charge in [-0.05, 0) is 17.9 Å². The number of anilines is 1. The maximum Gasteiger partial charge on any atom is 0.264 e. The lowest BCUT2D eigenvalue weighted by Gasteiger charge is -2.09. The zero-order valence-corrected chi connectivity index (χ0v) is 10.7. The van der Waals surface area contributed by atoms with Crippen molar-refractivity contribution in [1.82, 2.24) is 0 Å². The van der Waals surface area contributed by atoms with Crippen LogP contribution in [0.5, 0.6) is 0 Å². The first-order chi connectivity index (χ1) is 8.56. The van der Waals surface area contributed by atoms with Crippen molar-refractivity contribution in [1.29, 1.82) is 0 Å². The van der Waals surface area contributed by atoms with Crippen molar-refractivity contribution in [3.8, 4) is 0 Å². The average Bonchev–Trinajstić information content (AvgIpc) is 2.33. The molecule has 2 aromatic rings. The first-order valence-corrected chi connectivity index (χ1v) is 7.34. The van der Waals surface area contributed by atoms with Gasteiger partial charge >= 0.3 is 0 Å². The molecule has 4 nitrogen and oxygen atoms in total. The Morgan fingerprint density at radius 1 is 1.06 bits per heavy atom. The largest absolute Gasteiger partial charge is 0.385 e. The molecule has 2 N–H and O–H groups in total. The van der Waals surface area contributed by atoms with E-state index in [9.17, 15) is 8.42 Å². The number of fused-ring (bicyclic) bond motifs is 1. The minimum Gasteiger partial charge on any atom is -0.385 e. The first kappa shape index (κ1) is 12.9. The Balaban J connectivity index is 2.04. The molecule has 0 saturated heterocycles. The Hall–Kier alpha value is -1.59. The highest BCUT2D eigenvalue weighted by molar-refractivity contribution is 7.85. The standard InChI is InChI=1S/C13H15NO3S/c15-18(16,17)10-4-9-14-13-8-3-6-11-5-1-2-7-12(11)13/h1-3,5-8,14H,4,9-10H2,(H,15,16,17). The van der Waals surface area contributed by atoms with E-state index in [0.717, 1.165) is 16.5 Å². The molecule has 0 aliphatic heterocycles. The predicted octanol–water partition coefficient (Wildman–Crippen LogP) is 2.53. The van der Waals surface area contributed by atoms with E-state index in [1.54, 1.807) is 0 Å². The number of benzene rings is 2. The third kappa shape index (κ3) is 3.45. The molecule has 0 amide bonds. The van der Waals surface area contributed by atoms with Gasteiger partial charge in [0.15, 0.2) is 0 Å². The van der Waals surface area contributed by atoms with Crippen molar-refractivity contribution < 1.29 is 13.0 Å². The SMILES string of the molecule is O=S(=O)(O)CCCNc1cccc2ccccc12. The molecule has 96 valence electrons. The summed E-state index contributed by atoms with van der Waals surface area (Å²) in [7, 11) is -3.86. The Labute approximate surface area is 106 Å². The molecule has 5 heteroatoms. The van der Waals surface area contributed by atoms with Gasteiger partial charge in [-0.1, -0.05) is 36.4 Å². The van der Waals surface area contributed by atoms with Gasteiger partial charge in [-0.25, -0.2) is 0 Å². The summed E-state index contributed by atoms with van der Waals surface area (Å²) in [6.07, 6.45) is 0.377. The molecule has 0 aliphatic rings. The van der Waals surface area contributed by atoms with Crippen LogP contribution >= 0.6 is 0 Å². The quantitative estimate of drug-likeness (QED) is 0.644. The maximum absolute atomic E-state index is 10.6. The smallest absolute Gasteiger partial charge is 0.264 e. The lowest BCUT2D eigenvalue weighted by Crippen LogP contribution is -2.10. The Morgan fingerprint density at radius 3 is 2.56 bits per heavy atom. The summed E-state index contributed by atoms with van der Waals surface area (Å²) in [4.78, 5) is 0. The summed E-state index contributed by atoms with van der Waals surface area (Å²) >= 11 is 0. The van der Waals surface area contributed by atoms with Gasteiger partial charge < -0.3 is 5.32 Å². The van der Waals surface area contributed by atoms with E-state index in [0.29, 0.717) is 13.0 Å². The van der Waals surface area contributed by atoms with Crippen molar-refractivity contribution in [2.45, 2.75) is 6.42 Å². The molecule has 0 atom stereocenters. The lowest BCUT2D eigenvalue weighted by atomic mass is 10.1. The Morgan fingerprint density at radius 2 is 1.78 bits per heavy atom. The number of hydrogen-bond donors (Lipinski definition) is 2. The highest BCUT2D eigenvalue weighted by Crippen LogP contribution is 2.22. The van der Waals surface area contributed by atoms with Gasteiger partial charge in [0.05, 0.1) is 5.75 Å². The molecule has 0 aliphatic carbocycles. The monoisotopic (exact) mass is 265 g/mol. The van der Waals surface area contributed by atoms with E-state index < -0.39 is 10.1 Å². The third-order valence-electron chi connectivity index (χ3n) is 2.68. The van der Waals surface area contributed by atoms with Crippen LogP contribution in [0.4, 0.5) is 5.69 Å². The highest BCUT2D eigenvalue weighted by atomic mass is 32.2. The van der Waals surface area contributed by atoms with Crippen molar-refractivity contribution in [3.63, 3.8) is 0 Å². The fourth-order valence-corrected chi connectivity index (χ4v) is 2.37. The second-order valence-corrected chi connectivity index (χ2v) is 5.67. The van der Waals surface area contributed by atoms with E-state index in [1.165, 1.54) is 0 Å². The second kappa shape index (κ2) is 5.37. The van der Waals surface area contributed by atoms with E-state index in [-0.39, 0.29) is 5.75 Å². The zero-order chi connectivity index (χ0) is 13.0. The number of nitrogens with one attached hydrogen (secondary N) is 1. The molecule has 0 saturated carbocycles. The molecule has 0 aromatic heterocycles. The van der Waals surface area contributed by atoms with E-state index in [1.807, 2.05) is 42.5 Å². The van der Waals surface area contributed by atoms with Gasteiger partial charge in [0.25, 0.3) is 10.1 Å². The van der Waals surface area contributed by atoms with Gasteiger partial charge in [0, 0.05) is 17.6 Å². The minimum atomic E-state index is -3.86. The molecule has 0 unspecified atom stereocenters. The van der Waals surface area contributed by atoms with Crippen LogP contribution in [0.25, 0.3) is 10.8 Å². The maximum atomic E-state index is 10.6. The van der Waals surface area contributed by atoms with Crippen molar-refractivity contribution in [2.24, 2.45) is 0 Å². The fourth-order valence-electron chi connectivity index (χ4n) is 1.86. The normalized spacial score (nSPS) is 11.6. The van der Waals surface area contributed by atoms with Gasteiger partial charge in [-0.2, -0.15) is 8.42 Å². The van der Waals surface area contributed by atoms with Crippen LogP contribution in [0.3, 0.4) is 0 Å². The van der Waals surface area contributed by atoms with Crippen molar-refractivity contribution in [3.05, 3.63) is 42.5 Å². The first-order valence-electron chi connectivity index (χ1n) is 5.73. The van der Waals surface area contributed by atoms with Crippen LogP contribution in [0, 0.1) is 0 Å². The summed E-state index contributed by atoms with van der Waals surface area (Å²) < 4.78 is 29.8. The van der Waals surface area contributed by atoms with Crippen LogP contribution in [0.15, 0.2) is 42.5 Å². The summed E-state index contributed by atoms with van der Waals surface area (Å²) in [5.41, 5.74) is 0.975. The second-order valence-electron chi connectivity index (χ2n) is 4.09. The van der Waals surface area contributed by atoms with Gasteiger partial charge in [0.2, 0.25) is 0 Å². The van der Waals surface area contributed by atoms with Crippen molar-refractivity contribution >= 4 is 26.6 Å². The number of rotatable bonds is 5. The topological polar surface area (TPSA) is 66.4 Å². The third-order valence-corrected chi connectivity index (χ3v) is 3.49. The Bertz CT molecular complexity index is 632. The van der Waals surface area contributed by atoms with E-state index >= 15 is 0 Å². The average molecular weight is 265 g/mol. The molecule has 2 aromatic carbocycles. The van der Waals surface area contributed by atoms with Gasteiger partial charge in [-0.3, -0.25) is 4.55 Å². The highest BCUT2D eigenvalue weighted by Gasteiger charge is 2.04. The van der Waals surface area contributed by atoms with Crippen LogP contribution < -0.4 is 5.32 Å². The molecule has 0 fully saturated rings. The summed E-state index contributed by atoms with van der Waals surface area (Å²) in [5, 5.41) is 5.42. The van der Waals surface area contributed by atoms with Crippen molar-refractivity contribution in [2.75, 3.05) is 17.6 Å². The molecular weight excluding hydrogens is 250 g/mol. The predicted molar refractivity (Wildman–Crippen MR) is 73.5 cm³/mol. The molecule has 0 spiro atoms. The van der Waals surface area contributed by atoms with Crippen LogP contribution in [0.1, 0.15) is 6.42 Å². The lowest BCUT2D eigenvalue weighted by molar-refractivity contribution is 0.481. The summed E-state index contributed by atoms with van der Waals surface area (Å²) in [5.74, 6) is -0.217. The molecule has 0 bridgehead atoms. The molecule has 18 heavy (non-hydrogen) atoms.